The first-order valence-electron chi connectivity index (χ1n) is 8.08. The van der Waals surface area contributed by atoms with Crippen LogP contribution in [0.3, 0.4) is 0 Å². The molecule has 0 spiro atoms. The molecule has 4 aliphatic carbocycles. The number of hydrogen-bond donors (Lipinski definition) is 1. The predicted molar refractivity (Wildman–Crippen MR) is 79.0 cm³/mol. The van der Waals surface area contributed by atoms with Gasteiger partial charge in [-0.25, -0.2) is 0 Å². The topological polar surface area (TPSA) is 29.1 Å². The third kappa shape index (κ3) is 1.91. The third-order valence-electron chi connectivity index (χ3n) is 6.62. The minimum Gasteiger partial charge on any atom is -0.355 e. The number of alkyl halides is 1. The molecule has 0 saturated heterocycles. The SMILES string of the molecule is O=C(NCC1(CBr)CCCC1)C1C2C3CCC(C3)C12. The molecule has 1 amide bonds. The molecule has 4 atom stereocenters. The van der Waals surface area contributed by atoms with Crippen LogP contribution in [0, 0.1) is 35.0 Å². The van der Waals surface area contributed by atoms with Gasteiger partial charge in [-0.05, 0) is 61.2 Å². The van der Waals surface area contributed by atoms with Crippen LogP contribution in [-0.2, 0) is 4.79 Å². The molecule has 4 aliphatic rings. The first-order valence-corrected chi connectivity index (χ1v) is 9.20. The number of amides is 1. The first kappa shape index (κ1) is 12.7. The molecule has 4 saturated carbocycles. The minimum absolute atomic E-state index is 0.360. The van der Waals surface area contributed by atoms with Crippen molar-refractivity contribution in [3.05, 3.63) is 0 Å². The summed E-state index contributed by atoms with van der Waals surface area (Å²) in [6.45, 7) is 0.905. The van der Waals surface area contributed by atoms with Crippen LogP contribution in [-0.4, -0.2) is 17.8 Å². The van der Waals surface area contributed by atoms with Crippen molar-refractivity contribution >= 4 is 21.8 Å². The number of nitrogens with one attached hydrogen (secondary N) is 1. The smallest absolute Gasteiger partial charge is 0.223 e. The van der Waals surface area contributed by atoms with Gasteiger partial charge in [-0.3, -0.25) is 4.79 Å². The average Bonchev–Trinajstić information content (AvgIpc) is 2.83. The van der Waals surface area contributed by atoms with E-state index >= 15 is 0 Å². The van der Waals surface area contributed by atoms with Gasteiger partial charge >= 0.3 is 0 Å². The molecule has 3 heteroatoms. The van der Waals surface area contributed by atoms with E-state index in [1.807, 2.05) is 0 Å². The Morgan fingerprint density at radius 3 is 2.37 bits per heavy atom. The summed E-state index contributed by atoms with van der Waals surface area (Å²) >= 11 is 3.66. The lowest BCUT2D eigenvalue weighted by molar-refractivity contribution is -0.123. The van der Waals surface area contributed by atoms with Crippen LogP contribution in [0.2, 0.25) is 0 Å². The molecule has 4 rings (SSSR count). The van der Waals surface area contributed by atoms with Crippen LogP contribution in [0.4, 0.5) is 0 Å². The summed E-state index contributed by atoms with van der Waals surface area (Å²) < 4.78 is 0. The van der Waals surface area contributed by atoms with Crippen LogP contribution in [0.25, 0.3) is 0 Å². The van der Waals surface area contributed by atoms with E-state index in [0.29, 0.717) is 17.2 Å². The maximum absolute atomic E-state index is 12.4. The fourth-order valence-corrected chi connectivity index (χ4v) is 6.31. The Bertz CT molecular complexity index is 374. The molecule has 0 aromatic heterocycles. The number of halogens is 1. The summed E-state index contributed by atoms with van der Waals surface area (Å²) in [6.07, 6.45) is 9.47. The Morgan fingerprint density at radius 2 is 1.79 bits per heavy atom. The molecule has 4 unspecified atom stereocenters. The molecule has 0 aliphatic heterocycles. The quantitative estimate of drug-likeness (QED) is 0.789. The fraction of sp³-hybridized carbons (Fsp3) is 0.938. The van der Waals surface area contributed by atoms with Crippen molar-refractivity contribution in [3.63, 3.8) is 0 Å². The number of fused-ring (bicyclic) bond motifs is 5. The number of carbonyl (C=O) groups is 1. The van der Waals surface area contributed by atoms with E-state index in [1.54, 1.807) is 0 Å². The zero-order valence-electron chi connectivity index (χ0n) is 11.5. The lowest BCUT2D eigenvalue weighted by Crippen LogP contribution is -2.38. The Hall–Kier alpha value is -0.0500. The molecule has 0 radical (unpaired) electrons. The standard InChI is InChI=1S/C16H24BrNO/c17-8-16(5-1-2-6-16)9-18-15(19)14-12-10-3-4-11(7-10)13(12)14/h10-14H,1-9H2,(H,18,19). The van der Waals surface area contributed by atoms with Crippen molar-refractivity contribution in [1.29, 1.82) is 0 Å². The van der Waals surface area contributed by atoms with Gasteiger partial charge in [0.05, 0.1) is 0 Å². The molecular formula is C16H24BrNO. The molecule has 0 aromatic rings. The van der Waals surface area contributed by atoms with Crippen molar-refractivity contribution in [3.8, 4) is 0 Å². The highest BCUT2D eigenvalue weighted by molar-refractivity contribution is 9.09. The van der Waals surface area contributed by atoms with E-state index in [-0.39, 0.29) is 0 Å². The highest BCUT2D eigenvalue weighted by Gasteiger charge is 2.67. The number of carbonyl (C=O) groups excluding carboxylic acids is 1. The normalized spacial score (nSPS) is 45.2. The van der Waals surface area contributed by atoms with Gasteiger partial charge in [0.15, 0.2) is 0 Å². The largest absolute Gasteiger partial charge is 0.355 e. The molecule has 0 heterocycles. The molecular weight excluding hydrogens is 302 g/mol. The Labute approximate surface area is 124 Å². The molecule has 1 N–H and O–H groups in total. The van der Waals surface area contributed by atoms with Crippen molar-refractivity contribution < 1.29 is 4.79 Å². The van der Waals surface area contributed by atoms with Gasteiger partial charge in [-0.1, -0.05) is 28.8 Å². The highest BCUT2D eigenvalue weighted by atomic mass is 79.9. The maximum atomic E-state index is 12.4. The predicted octanol–water partition coefficient (Wildman–Crippen LogP) is 3.35. The van der Waals surface area contributed by atoms with Crippen LogP contribution in [0.15, 0.2) is 0 Å². The van der Waals surface area contributed by atoms with E-state index < -0.39 is 0 Å². The summed E-state index contributed by atoms with van der Waals surface area (Å²) in [4.78, 5) is 12.4. The van der Waals surface area contributed by atoms with E-state index in [0.717, 1.165) is 35.5 Å². The highest BCUT2D eigenvalue weighted by Crippen LogP contribution is 2.69. The molecule has 106 valence electrons. The summed E-state index contributed by atoms with van der Waals surface area (Å²) in [5.41, 5.74) is 0.360. The average molecular weight is 326 g/mol. The van der Waals surface area contributed by atoms with Gasteiger partial charge < -0.3 is 5.32 Å². The van der Waals surface area contributed by atoms with Crippen LogP contribution >= 0.6 is 15.9 Å². The lowest BCUT2D eigenvalue weighted by atomic mass is 9.88. The molecule has 4 fully saturated rings. The minimum atomic E-state index is 0.360. The Balaban J connectivity index is 1.33. The van der Waals surface area contributed by atoms with Gasteiger partial charge in [0, 0.05) is 17.8 Å². The fourth-order valence-electron chi connectivity index (χ4n) is 5.55. The summed E-state index contributed by atoms with van der Waals surface area (Å²) in [5, 5.41) is 4.35. The third-order valence-corrected chi connectivity index (χ3v) is 7.81. The van der Waals surface area contributed by atoms with Gasteiger partial charge in [-0.15, -0.1) is 0 Å². The van der Waals surface area contributed by atoms with E-state index in [2.05, 4.69) is 21.2 Å². The summed E-state index contributed by atoms with van der Waals surface area (Å²) in [7, 11) is 0. The van der Waals surface area contributed by atoms with E-state index in [4.69, 9.17) is 0 Å². The molecule has 19 heavy (non-hydrogen) atoms. The van der Waals surface area contributed by atoms with Crippen LogP contribution in [0.1, 0.15) is 44.9 Å². The Kier molecular flexibility index (Phi) is 2.98. The lowest BCUT2D eigenvalue weighted by Gasteiger charge is -2.27. The second kappa shape index (κ2) is 4.47. The number of hydrogen-bond acceptors (Lipinski definition) is 1. The molecule has 2 bridgehead atoms. The van der Waals surface area contributed by atoms with Gasteiger partial charge in [0.25, 0.3) is 0 Å². The second-order valence-corrected chi connectivity index (χ2v) is 8.13. The van der Waals surface area contributed by atoms with Crippen LogP contribution < -0.4 is 5.32 Å². The van der Waals surface area contributed by atoms with Crippen molar-refractivity contribution in [2.24, 2.45) is 35.0 Å². The van der Waals surface area contributed by atoms with E-state index in [1.165, 1.54) is 44.9 Å². The van der Waals surface area contributed by atoms with Crippen molar-refractivity contribution in [2.75, 3.05) is 11.9 Å². The van der Waals surface area contributed by atoms with Gasteiger partial charge in [0.2, 0.25) is 5.91 Å². The van der Waals surface area contributed by atoms with Crippen molar-refractivity contribution in [1.82, 2.24) is 5.32 Å². The summed E-state index contributed by atoms with van der Waals surface area (Å²) in [5.74, 6) is 4.16. The maximum Gasteiger partial charge on any atom is 0.223 e. The van der Waals surface area contributed by atoms with Crippen molar-refractivity contribution in [2.45, 2.75) is 44.9 Å². The number of rotatable bonds is 4. The first-order chi connectivity index (χ1) is 9.24. The van der Waals surface area contributed by atoms with E-state index in [9.17, 15) is 4.79 Å². The van der Waals surface area contributed by atoms with Gasteiger partial charge in [0.1, 0.15) is 0 Å². The van der Waals surface area contributed by atoms with Crippen LogP contribution in [0.5, 0.6) is 0 Å². The van der Waals surface area contributed by atoms with Gasteiger partial charge in [-0.2, -0.15) is 0 Å². The second-order valence-electron chi connectivity index (χ2n) is 7.57. The zero-order valence-corrected chi connectivity index (χ0v) is 13.1. The summed E-state index contributed by atoms with van der Waals surface area (Å²) in [6, 6.07) is 0. The molecule has 0 aromatic carbocycles. The Morgan fingerprint density at radius 1 is 1.16 bits per heavy atom. The monoisotopic (exact) mass is 325 g/mol. The molecule has 2 nitrogen and oxygen atoms in total. The zero-order chi connectivity index (χ0) is 13.0.